The van der Waals surface area contributed by atoms with Gasteiger partial charge in [-0.15, -0.1) is 0 Å². The number of fused-ring (bicyclic) bond motifs is 1. The lowest BCUT2D eigenvalue weighted by Gasteiger charge is -2.03. The van der Waals surface area contributed by atoms with Gasteiger partial charge in [0.15, 0.2) is 0 Å². The van der Waals surface area contributed by atoms with E-state index in [1.807, 2.05) is 6.07 Å². The Labute approximate surface area is 115 Å². The highest BCUT2D eigenvalue weighted by Gasteiger charge is 2.03. The van der Waals surface area contributed by atoms with Crippen molar-refractivity contribution in [3.8, 4) is 0 Å². The van der Waals surface area contributed by atoms with Crippen molar-refractivity contribution in [1.82, 2.24) is 10.6 Å². The van der Waals surface area contributed by atoms with Crippen LogP contribution >= 0.6 is 0 Å². The molecule has 1 aromatic carbocycles. The molecule has 19 heavy (non-hydrogen) atoms. The van der Waals surface area contributed by atoms with E-state index in [9.17, 15) is 0 Å². The molecule has 0 aliphatic carbocycles. The Bertz CT molecular complexity index is 504. The molecule has 0 radical (unpaired) electrons. The maximum atomic E-state index is 5.79. The monoisotopic (exact) mass is 260 g/mol. The molecule has 0 amide bonds. The molecule has 1 aromatic heterocycles. The topological polar surface area (TPSA) is 37.2 Å². The second-order valence-electron chi connectivity index (χ2n) is 5.03. The summed E-state index contributed by atoms with van der Waals surface area (Å²) in [6.45, 7) is 8.32. The summed E-state index contributed by atoms with van der Waals surface area (Å²) in [4.78, 5) is 0. The van der Waals surface area contributed by atoms with Crippen molar-refractivity contribution < 1.29 is 4.42 Å². The van der Waals surface area contributed by atoms with Gasteiger partial charge in [-0.1, -0.05) is 18.6 Å². The average molecular weight is 260 g/mol. The Kier molecular flexibility index (Phi) is 5.43. The van der Waals surface area contributed by atoms with Crippen LogP contribution in [0.4, 0.5) is 0 Å². The van der Waals surface area contributed by atoms with Gasteiger partial charge >= 0.3 is 0 Å². The standard InChI is InChI=1S/C16H24N2O/c1-3-7-17-8-4-9-18-12-15-11-14-10-13(2)5-6-16(14)19-15/h5-6,10-11,17-18H,3-4,7-9,12H2,1-2H3. The van der Waals surface area contributed by atoms with Crippen LogP contribution in [0.5, 0.6) is 0 Å². The lowest BCUT2D eigenvalue weighted by atomic mass is 10.2. The highest BCUT2D eigenvalue weighted by molar-refractivity contribution is 5.78. The maximum Gasteiger partial charge on any atom is 0.134 e. The van der Waals surface area contributed by atoms with Crippen LogP contribution in [-0.2, 0) is 6.54 Å². The van der Waals surface area contributed by atoms with Crippen molar-refractivity contribution in [2.75, 3.05) is 19.6 Å². The van der Waals surface area contributed by atoms with Crippen LogP contribution < -0.4 is 10.6 Å². The number of hydrogen-bond donors (Lipinski definition) is 2. The maximum absolute atomic E-state index is 5.79. The molecule has 0 bridgehead atoms. The first kappa shape index (κ1) is 14.1. The third-order valence-corrected chi connectivity index (χ3v) is 3.16. The van der Waals surface area contributed by atoms with E-state index in [0.29, 0.717) is 0 Å². The second kappa shape index (κ2) is 7.31. The summed E-state index contributed by atoms with van der Waals surface area (Å²) >= 11 is 0. The normalized spacial score (nSPS) is 11.3. The first-order chi connectivity index (χ1) is 9.29. The quantitative estimate of drug-likeness (QED) is 0.716. The molecule has 3 heteroatoms. The minimum Gasteiger partial charge on any atom is -0.460 e. The van der Waals surface area contributed by atoms with Crippen LogP contribution in [0, 0.1) is 6.92 Å². The minimum absolute atomic E-state index is 0.807. The molecular weight excluding hydrogens is 236 g/mol. The van der Waals surface area contributed by atoms with E-state index in [-0.39, 0.29) is 0 Å². The summed E-state index contributed by atoms with van der Waals surface area (Å²) < 4.78 is 5.79. The van der Waals surface area contributed by atoms with Crippen LogP contribution in [0.2, 0.25) is 0 Å². The minimum atomic E-state index is 0.807. The van der Waals surface area contributed by atoms with Crippen molar-refractivity contribution in [3.05, 3.63) is 35.6 Å². The predicted molar refractivity (Wildman–Crippen MR) is 80.4 cm³/mol. The van der Waals surface area contributed by atoms with E-state index >= 15 is 0 Å². The summed E-state index contributed by atoms with van der Waals surface area (Å²) in [6, 6.07) is 8.42. The van der Waals surface area contributed by atoms with E-state index in [4.69, 9.17) is 4.42 Å². The number of hydrogen-bond acceptors (Lipinski definition) is 3. The number of benzene rings is 1. The molecule has 3 nitrogen and oxygen atoms in total. The molecule has 0 aliphatic rings. The van der Waals surface area contributed by atoms with Gasteiger partial charge in [0.25, 0.3) is 0 Å². The molecule has 2 N–H and O–H groups in total. The van der Waals surface area contributed by atoms with Crippen LogP contribution in [0.15, 0.2) is 28.7 Å². The van der Waals surface area contributed by atoms with Crippen LogP contribution in [0.25, 0.3) is 11.0 Å². The van der Waals surface area contributed by atoms with Gasteiger partial charge in [-0.2, -0.15) is 0 Å². The van der Waals surface area contributed by atoms with Crippen molar-refractivity contribution >= 4 is 11.0 Å². The highest BCUT2D eigenvalue weighted by atomic mass is 16.3. The zero-order valence-corrected chi connectivity index (χ0v) is 12.0. The smallest absolute Gasteiger partial charge is 0.134 e. The van der Waals surface area contributed by atoms with Gasteiger partial charge in [-0.25, -0.2) is 0 Å². The third-order valence-electron chi connectivity index (χ3n) is 3.16. The first-order valence-electron chi connectivity index (χ1n) is 7.20. The largest absolute Gasteiger partial charge is 0.460 e. The predicted octanol–water partition coefficient (Wildman–Crippen LogP) is 3.22. The lowest BCUT2D eigenvalue weighted by molar-refractivity contribution is 0.505. The molecule has 0 aliphatic heterocycles. The molecule has 104 valence electrons. The van der Waals surface area contributed by atoms with E-state index < -0.39 is 0 Å². The number of rotatable bonds is 8. The molecule has 0 atom stereocenters. The molecular formula is C16H24N2O. The lowest BCUT2D eigenvalue weighted by Crippen LogP contribution is -2.22. The van der Waals surface area contributed by atoms with Gasteiger partial charge in [0.05, 0.1) is 6.54 Å². The van der Waals surface area contributed by atoms with Crippen molar-refractivity contribution in [2.24, 2.45) is 0 Å². The summed E-state index contributed by atoms with van der Waals surface area (Å²) in [7, 11) is 0. The Hall–Kier alpha value is -1.32. The second-order valence-corrected chi connectivity index (χ2v) is 5.03. The fourth-order valence-electron chi connectivity index (χ4n) is 2.16. The van der Waals surface area contributed by atoms with Gasteiger partial charge in [-0.3, -0.25) is 0 Å². The van der Waals surface area contributed by atoms with Crippen molar-refractivity contribution in [1.29, 1.82) is 0 Å². The Morgan fingerprint density at radius 1 is 1.05 bits per heavy atom. The Morgan fingerprint density at radius 2 is 1.89 bits per heavy atom. The Morgan fingerprint density at radius 3 is 2.74 bits per heavy atom. The number of nitrogens with one attached hydrogen (secondary N) is 2. The third kappa shape index (κ3) is 4.37. The van der Waals surface area contributed by atoms with Crippen LogP contribution in [0.3, 0.4) is 0 Å². The fraction of sp³-hybridized carbons (Fsp3) is 0.500. The van der Waals surface area contributed by atoms with E-state index in [1.54, 1.807) is 0 Å². The zero-order valence-electron chi connectivity index (χ0n) is 12.0. The van der Waals surface area contributed by atoms with Gasteiger partial charge in [0.2, 0.25) is 0 Å². The summed E-state index contributed by atoms with van der Waals surface area (Å²) in [5.41, 5.74) is 2.25. The van der Waals surface area contributed by atoms with Crippen LogP contribution in [0.1, 0.15) is 31.1 Å². The van der Waals surface area contributed by atoms with E-state index in [0.717, 1.165) is 43.9 Å². The van der Waals surface area contributed by atoms with Gasteiger partial charge in [0, 0.05) is 5.39 Å². The Balaban J connectivity index is 1.72. The summed E-state index contributed by atoms with van der Waals surface area (Å²) in [6.07, 6.45) is 2.35. The molecule has 0 unspecified atom stereocenters. The van der Waals surface area contributed by atoms with Gasteiger partial charge in [0.1, 0.15) is 11.3 Å². The van der Waals surface area contributed by atoms with Crippen molar-refractivity contribution in [2.45, 2.75) is 33.2 Å². The molecule has 2 rings (SSSR count). The highest BCUT2D eigenvalue weighted by Crippen LogP contribution is 2.20. The molecule has 1 heterocycles. The molecule has 0 spiro atoms. The summed E-state index contributed by atoms with van der Waals surface area (Å²) in [5.74, 6) is 1.02. The molecule has 2 aromatic rings. The number of aryl methyl sites for hydroxylation is 1. The van der Waals surface area contributed by atoms with Gasteiger partial charge in [-0.05, 0) is 57.6 Å². The zero-order chi connectivity index (χ0) is 13.5. The van der Waals surface area contributed by atoms with Gasteiger partial charge < -0.3 is 15.1 Å². The van der Waals surface area contributed by atoms with Crippen LogP contribution in [-0.4, -0.2) is 19.6 Å². The number of furan rings is 1. The molecule has 0 saturated carbocycles. The summed E-state index contributed by atoms with van der Waals surface area (Å²) in [5, 5.41) is 8.01. The average Bonchev–Trinajstić information content (AvgIpc) is 2.79. The molecule has 0 saturated heterocycles. The molecule has 0 fully saturated rings. The van der Waals surface area contributed by atoms with E-state index in [2.05, 4.69) is 42.7 Å². The fourth-order valence-corrected chi connectivity index (χ4v) is 2.16. The van der Waals surface area contributed by atoms with E-state index in [1.165, 1.54) is 17.4 Å². The SMILES string of the molecule is CCCNCCCNCc1cc2cc(C)ccc2o1. The van der Waals surface area contributed by atoms with Crippen molar-refractivity contribution in [3.63, 3.8) is 0 Å². The first-order valence-corrected chi connectivity index (χ1v) is 7.20.